The SMILES string of the molecule is COc1cc(CN2CCN(C(=O)COc3ccccc3)CC2)cc(OC)c1O.O=C(O)C(=O)O. The van der Waals surface area contributed by atoms with Gasteiger partial charge in [-0.1, -0.05) is 18.2 Å². The Kier molecular flexibility index (Phi) is 9.96. The van der Waals surface area contributed by atoms with Gasteiger partial charge in [0.15, 0.2) is 18.1 Å². The Morgan fingerprint density at radius 3 is 1.88 bits per heavy atom. The molecule has 0 unspecified atom stereocenters. The lowest BCUT2D eigenvalue weighted by atomic mass is 10.1. The van der Waals surface area contributed by atoms with E-state index in [0.717, 1.165) is 18.7 Å². The highest BCUT2D eigenvalue weighted by molar-refractivity contribution is 6.27. The normalized spacial score (nSPS) is 13.3. The first-order chi connectivity index (χ1) is 16.2. The number of ether oxygens (including phenoxy) is 3. The summed E-state index contributed by atoms with van der Waals surface area (Å²) < 4.78 is 16.0. The van der Waals surface area contributed by atoms with Crippen molar-refractivity contribution < 1.29 is 43.9 Å². The Bertz CT molecular complexity index is 937. The van der Waals surface area contributed by atoms with Crippen molar-refractivity contribution in [2.75, 3.05) is 47.0 Å². The number of benzene rings is 2. The summed E-state index contributed by atoms with van der Waals surface area (Å²) in [7, 11) is 3.03. The summed E-state index contributed by atoms with van der Waals surface area (Å²) in [6.45, 7) is 3.59. The average molecular weight is 476 g/mol. The van der Waals surface area contributed by atoms with E-state index in [1.54, 1.807) is 0 Å². The van der Waals surface area contributed by atoms with Crippen molar-refractivity contribution in [3.63, 3.8) is 0 Å². The number of aliphatic carboxylic acids is 2. The molecule has 0 aliphatic carbocycles. The van der Waals surface area contributed by atoms with Crippen LogP contribution in [-0.4, -0.2) is 90.0 Å². The highest BCUT2D eigenvalue weighted by atomic mass is 16.5. The van der Waals surface area contributed by atoms with Crippen molar-refractivity contribution >= 4 is 17.8 Å². The summed E-state index contributed by atoms with van der Waals surface area (Å²) in [6, 6.07) is 13.0. The predicted octanol–water partition coefficient (Wildman–Crippen LogP) is 1.29. The van der Waals surface area contributed by atoms with Gasteiger partial charge >= 0.3 is 11.9 Å². The lowest BCUT2D eigenvalue weighted by Gasteiger charge is -2.34. The zero-order chi connectivity index (χ0) is 25.1. The molecule has 1 heterocycles. The molecule has 184 valence electrons. The van der Waals surface area contributed by atoms with E-state index in [0.29, 0.717) is 36.9 Å². The van der Waals surface area contributed by atoms with Crippen LogP contribution in [0.1, 0.15) is 5.56 Å². The number of para-hydroxylation sites is 1. The smallest absolute Gasteiger partial charge is 0.414 e. The molecule has 1 aliphatic rings. The van der Waals surface area contributed by atoms with Crippen LogP contribution in [0.5, 0.6) is 23.0 Å². The molecule has 1 amide bonds. The van der Waals surface area contributed by atoms with E-state index in [1.165, 1.54) is 14.2 Å². The molecule has 1 fully saturated rings. The second kappa shape index (κ2) is 12.9. The predicted molar refractivity (Wildman–Crippen MR) is 120 cm³/mol. The molecule has 0 atom stereocenters. The fraction of sp³-hybridized carbons (Fsp3) is 0.348. The number of carbonyl (C=O) groups excluding carboxylic acids is 1. The van der Waals surface area contributed by atoms with Crippen LogP contribution >= 0.6 is 0 Å². The monoisotopic (exact) mass is 476 g/mol. The van der Waals surface area contributed by atoms with Crippen molar-refractivity contribution in [2.24, 2.45) is 0 Å². The molecule has 34 heavy (non-hydrogen) atoms. The fourth-order valence-electron chi connectivity index (χ4n) is 3.21. The molecule has 0 spiro atoms. The minimum Gasteiger partial charge on any atom is -0.502 e. The van der Waals surface area contributed by atoms with Gasteiger partial charge in [0.2, 0.25) is 5.75 Å². The number of carbonyl (C=O) groups is 3. The minimum atomic E-state index is -1.82. The molecule has 3 rings (SSSR count). The zero-order valence-corrected chi connectivity index (χ0v) is 19.0. The summed E-state index contributed by atoms with van der Waals surface area (Å²) in [4.78, 5) is 34.6. The lowest BCUT2D eigenvalue weighted by molar-refractivity contribution is -0.159. The number of carboxylic acids is 2. The molecule has 0 saturated carbocycles. The Morgan fingerprint density at radius 1 is 0.882 bits per heavy atom. The second-order valence-electron chi connectivity index (χ2n) is 7.22. The number of phenols is 1. The Morgan fingerprint density at radius 2 is 1.41 bits per heavy atom. The molecule has 0 aromatic heterocycles. The van der Waals surface area contributed by atoms with Gasteiger partial charge in [-0.3, -0.25) is 9.69 Å². The van der Waals surface area contributed by atoms with Crippen molar-refractivity contribution in [3.8, 4) is 23.0 Å². The van der Waals surface area contributed by atoms with Gasteiger partial charge in [-0.2, -0.15) is 0 Å². The lowest BCUT2D eigenvalue weighted by Crippen LogP contribution is -2.49. The van der Waals surface area contributed by atoms with Crippen LogP contribution in [0.2, 0.25) is 0 Å². The van der Waals surface area contributed by atoms with E-state index in [1.807, 2.05) is 47.4 Å². The first kappa shape index (κ1) is 26.3. The van der Waals surface area contributed by atoms with E-state index in [9.17, 15) is 9.90 Å². The largest absolute Gasteiger partial charge is 0.502 e. The Hall–Kier alpha value is -3.99. The molecule has 0 radical (unpaired) electrons. The maximum absolute atomic E-state index is 12.4. The fourth-order valence-corrected chi connectivity index (χ4v) is 3.21. The Balaban J connectivity index is 0.000000604. The molecular weight excluding hydrogens is 448 g/mol. The molecule has 2 aromatic rings. The van der Waals surface area contributed by atoms with Crippen molar-refractivity contribution in [3.05, 3.63) is 48.0 Å². The number of rotatable bonds is 7. The molecule has 2 aromatic carbocycles. The van der Waals surface area contributed by atoms with Crippen LogP contribution in [0.4, 0.5) is 0 Å². The number of aromatic hydroxyl groups is 1. The molecule has 11 nitrogen and oxygen atoms in total. The maximum atomic E-state index is 12.4. The van der Waals surface area contributed by atoms with E-state index < -0.39 is 11.9 Å². The third-order valence-corrected chi connectivity index (χ3v) is 4.96. The van der Waals surface area contributed by atoms with Crippen LogP contribution in [0.25, 0.3) is 0 Å². The molecular formula is C23H28N2O9. The van der Waals surface area contributed by atoms with Crippen LogP contribution in [0, 0.1) is 0 Å². The van der Waals surface area contributed by atoms with E-state index in [2.05, 4.69) is 4.90 Å². The summed E-state index contributed by atoms with van der Waals surface area (Å²) in [5.41, 5.74) is 0.985. The molecule has 1 saturated heterocycles. The molecule has 11 heteroatoms. The first-order valence-corrected chi connectivity index (χ1v) is 10.3. The number of phenolic OH excluding ortho intramolecular Hbond substituents is 1. The van der Waals surface area contributed by atoms with Crippen molar-refractivity contribution in [1.29, 1.82) is 0 Å². The zero-order valence-electron chi connectivity index (χ0n) is 19.0. The standard InChI is InChI=1S/C21H26N2O5.C2H2O4/c1-26-18-12-16(13-19(27-2)21(18)25)14-22-8-10-23(11-9-22)20(24)15-28-17-6-4-3-5-7-17;3-1(4)2(5)6/h3-7,12-13,25H,8-11,14-15H2,1-2H3;(H,3,4)(H,5,6). The van der Waals surface area contributed by atoms with Crippen LogP contribution in [0.15, 0.2) is 42.5 Å². The quantitative estimate of drug-likeness (QED) is 0.500. The average Bonchev–Trinajstić information content (AvgIpc) is 2.84. The number of hydrogen-bond acceptors (Lipinski definition) is 8. The topological polar surface area (TPSA) is 146 Å². The second-order valence-corrected chi connectivity index (χ2v) is 7.22. The number of hydrogen-bond donors (Lipinski definition) is 3. The van der Waals surface area contributed by atoms with Gasteiger partial charge in [-0.25, -0.2) is 9.59 Å². The van der Waals surface area contributed by atoms with Crippen LogP contribution < -0.4 is 14.2 Å². The van der Waals surface area contributed by atoms with E-state index >= 15 is 0 Å². The number of piperazine rings is 1. The number of amides is 1. The third-order valence-electron chi connectivity index (χ3n) is 4.96. The molecule has 0 bridgehead atoms. The van der Waals surface area contributed by atoms with Crippen molar-refractivity contribution in [1.82, 2.24) is 9.80 Å². The number of carboxylic acid groups (broad SMARTS) is 2. The summed E-state index contributed by atoms with van der Waals surface area (Å²) in [6.07, 6.45) is 0. The highest BCUT2D eigenvalue weighted by Crippen LogP contribution is 2.37. The maximum Gasteiger partial charge on any atom is 0.414 e. The summed E-state index contributed by atoms with van der Waals surface area (Å²) >= 11 is 0. The van der Waals surface area contributed by atoms with Gasteiger partial charge in [-0.15, -0.1) is 0 Å². The number of methoxy groups -OCH3 is 2. The highest BCUT2D eigenvalue weighted by Gasteiger charge is 2.22. The first-order valence-electron chi connectivity index (χ1n) is 10.3. The van der Waals surface area contributed by atoms with Crippen LogP contribution in [-0.2, 0) is 20.9 Å². The minimum absolute atomic E-state index is 0.00239. The van der Waals surface area contributed by atoms with E-state index in [-0.39, 0.29) is 18.3 Å². The number of nitrogens with zero attached hydrogens (tertiary/aromatic N) is 2. The van der Waals surface area contributed by atoms with Crippen molar-refractivity contribution in [2.45, 2.75) is 6.54 Å². The third kappa shape index (κ3) is 7.85. The Labute approximate surface area is 196 Å². The van der Waals surface area contributed by atoms with Gasteiger partial charge in [0.1, 0.15) is 5.75 Å². The van der Waals surface area contributed by atoms with Gasteiger partial charge < -0.3 is 34.4 Å². The summed E-state index contributed by atoms with van der Waals surface area (Å²) in [5, 5.41) is 24.8. The van der Waals surface area contributed by atoms with Gasteiger partial charge in [0.05, 0.1) is 14.2 Å². The van der Waals surface area contributed by atoms with Crippen LogP contribution in [0.3, 0.4) is 0 Å². The molecule has 1 aliphatic heterocycles. The van der Waals surface area contributed by atoms with E-state index in [4.69, 9.17) is 34.0 Å². The molecule has 3 N–H and O–H groups in total. The van der Waals surface area contributed by atoms with Gasteiger partial charge in [0.25, 0.3) is 5.91 Å². The van der Waals surface area contributed by atoms with Gasteiger partial charge in [0, 0.05) is 32.7 Å². The summed E-state index contributed by atoms with van der Waals surface area (Å²) in [5.74, 6) is -2.17. The van der Waals surface area contributed by atoms with Gasteiger partial charge in [-0.05, 0) is 29.8 Å².